The van der Waals surface area contributed by atoms with E-state index in [9.17, 15) is 13.2 Å². The number of hydrazone groups is 1. The number of alkyl halides is 3. The van der Waals surface area contributed by atoms with Crippen LogP contribution >= 0.6 is 10.7 Å². The van der Waals surface area contributed by atoms with Gasteiger partial charge in [-0.15, -0.1) is 17.6 Å². The molecule has 3 aromatic carbocycles. The maximum Gasteiger partial charge on any atom is 0.510 e. The molecule has 1 aliphatic heterocycles. The first kappa shape index (κ1) is 20.4. The van der Waals surface area contributed by atoms with E-state index in [1.807, 2.05) is 66.7 Å². The third-order valence-electron chi connectivity index (χ3n) is 4.46. The Morgan fingerprint density at radius 3 is 1.87 bits per heavy atom. The molecule has 0 saturated heterocycles. The lowest BCUT2D eigenvalue weighted by molar-refractivity contribution is -0.207. The molecule has 0 aliphatic carbocycles. The predicted octanol–water partition coefficient (Wildman–Crippen LogP) is 5.81. The lowest BCUT2D eigenvalue weighted by atomic mass is 10.0. The molecule has 1 aliphatic rings. The summed E-state index contributed by atoms with van der Waals surface area (Å²) in [6.45, 7) is 0.235. The van der Waals surface area contributed by atoms with Crippen LogP contribution in [0.25, 0.3) is 0 Å². The van der Waals surface area contributed by atoms with Gasteiger partial charge in [0.15, 0.2) is 0 Å². The van der Waals surface area contributed by atoms with Crippen molar-refractivity contribution in [1.29, 1.82) is 0 Å². The Kier molecular flexibility index (Phi) is 6.01. The van der Waals surface area contributed by atoms with Crippen LogP contribution in [0.2, 0.25) is 0 Å². The Hall–Kier alpha value is -2.90. The highest BCUT2D eigenvalue weighted by atomic mass is 32.2. The zero-order valence-corrected chi connectivity index (χ0v) is 16.7. The van der Waals surface area contributed by atoms with Crippen molar-refractivity contribution < 1.29 is 17.9 Å². The Morgan fingerprint density at radius 2 is 1.30 bits per heavy atom. The summed E-state index contributed by atoms with van der Waals surface area (Å²) in [5, 5.41) is 4.01. The molecule has 4 rings (SSSR count). The monoisotopic (exact) mass is 428 g/mol. The van der Waals surface area contributed by atoms with Gasteiger partial charge in [-0.05, 0) is 21.8 Å². The Morgan fingerprint density at radius 1 is 0.767 bits per heavy atom. The second-order valence-corrected chi connectivity index (χ2v) is 8.29. The van der Waals surface area contributed by atoms with Crippen LogP contribution in [0.3, 0.4) is 0 Å². The summed E-state index contributed by atoms with van der Waals surface area (Å²) in [5.41, 5.74) is 2.58. The van der Waals surface area contributed by atoms with Gasteiger partial charge in [-0.1, -0.05) is 91.0 Å². The average Bonchev–Trinajstić information content (AvgIpc) is 3.16. The van der Waals surface area contributed by atoms with E-state index in [0.717, 1.165) is 5.56 Å². The summed E-state index contributed by atoms with van der Waals surface area (Å²) < 4.78 is 47.7. The number of nitrogens with zero attached hydrogens (tertiary/aromatic N) is 2. The molecule has 0 N–H and O–H groups in total. The van der Waals surface area contributed by atoms with Gasteiger partial charge in [0.2, 0.25) is 0 Å². The van der Waals surface area contributed by atoms with Crippen molar-refractivity contribution in [3.05, 3.63) is 108 Å². The molecule has 0 radical (unpaired) electrons. The van der Waals surface area contributed by atoms with Gasteiger partial charge < -0.3 is 4.74 Å². The van der Waals surface area contributed by atoms with Crippen LogP contribution in [0.15, 0.2) is 96.1 Å². The Balaban J connectivity index is 1.75. The van der Waals surface area contributed by atoms with E-state index in [1.165, 1.54) is 0 Å². The minimum atomic E-state index is -4.62. The molecule has 30 heavy (non-hydrogen) atoms. The number of rotatable bonds is 6. The topological polar surface area (TPSA) is 24.8 Å². The van der Waals surface area contributed by atoms with E-state index in [2.05, 4.69) is 5.10 Å². The van der Waals surface area contributed by atoms with Gasteiger partial charge in [-0.25, -0.2) is 0 Å². The Bertz CT molecular complexity index is 1050. The molecule has 0 amide bonds. The fourth-order valence-electron chi connectivity index (χ4n) is 3.13. The molecule has 1 heterocycles. The number of halogens is 3. The van der Waals surface area contributed by atoms with Crippen molar-refractivity contribution in [1.82, 2.24) is 4.41 Å². The standard InChI is InChI=1S/C23H19F3N2OS/c24-23(25,26)28-27-21(19-12-6-2-7-13-19)22(20-14-8-3-9-15-20)30(28)17-29-16-18-10-4-1-5-11-18/h1-15H,16-17H2. The first-order valence-corrected chi connectivity index (χ1v) is 10.7. The van der Waals surface area contributed by atoms with Gasteiger partial charge in [0.25, 0.3) is 0 Å². The van der Waals surface area contributed by atoms with Crippen LogP contribution in [0, 0.1) is 0 Å². The smallest absolute Gasteiger partial charge is 0.365 e. The first-order chi connectivity index (χ1) is 14.5. The second-order valence-electron chi connectivity index (χ2n) is 6.57. The summed E-state index contributed by atoms with van der Waals surface area (Å²) in [4.78, 5) is 0.534. The minimum Gasteiger partial charge on any atom is -0.365 e. The van der Waals surface area contributed by atoms with Gasteiger partial charge in [0.1, 0.15) is 11.7 Å². The highest BCUT2D eigenvalue weighted by Gasteiger charge is 2.44. The van der Waals surface area contributed by atoms with Gasteiger partial charge in [-0.3, -0.25) is 0 Å². The lowest BCUT2D eigenvalue weighted by Gasteiger charge is -2.22. The van der Waals surface area contributed by atoms with Crippen LogP contribution in [-0.2, 0) is 11.3 Å². The SMILES string of the molecule is FC(F)(F)N1N=C(c2ccccc2)C(c2ccccc2)=S1COCc1ccccc1. The van der Waals surface area contributed by atoms with Crippen LogP contribution in [0.5, 0.6) is 0 Å². The molecule has 0 bridgehead atoms. The van der Waals surface area contributed by atoms with Crippen LogP contribution in [0.1, 0.15) is 16.7 Å². The number of benzene rings is 3. The third-order valence-corrected chi connectivity index (χ3v) is 6.45. The van der Waals surface area contributed by atoms with Gasteiger partial charge in [0.05, 0.1) is 11.5 Å². The predicted molar refractivity (Wildman–Crippen MR) is 115 cm³/mol. The summed E-state index contributed by atoms with van der Waals surface area (Å²) in [6, 6.07) is 27.4. The average molecular weight is 428 g/mol. The third kappa shape index (κ3) is 4.47. The van der Waals surface area contributed by atoms with Gasteiger partial charge >= 0.3 is 6.30 Å². The van der Waals surface area contributed by atoms with Crippen LogP contribution in [0.4, 0.5) is 13.2 Å². The zero-order valence-electron chi connectivity index (χ0n) is 15.9. The maximum atomic E-state index is 13.9. The number of hydrogen-bond acceptors (Lipinski definition) is 3. The van der Waals surface area contributed by atoms with Crippen LogP contribution in [-0.4, -0.2) is 27.2 Å². The van der Waals surface area contributed by atoms with Gasteiger partial charge in [-0.2, -0.15) is 5.10 Å². The molecule has 0 spiro atoms. The van der Waals surface area contributed by atoms with Crippen molar-refractivity contribution in [2.45, 2.75) is 12.9 Å². The maximum absolute atomic E-state index is 13.9. The van der Waals surface area contributed by atoms with Crippen molar-refractivity contribution >= 4 is 21.2 Å². The van der Waals surface area contributed by atoms with Crippen molar-refractivity contribution in [3.8, 4) is 0 Å². The van der Waals surface area contributed by atoms with E-state index < -0.39 is 17.0 Å². The highest BCUT2D eigenvalue weighted by molar-refractivity contribution is 8.15. The molecule has 1 unspecified atom stereocenters. The molecule has 0 fully saturated rings. The fraction of sp³-hybridized carbons (Fsp3) is 0.130. The largest absolute Gasteiger partial charge is 0.510 e. The normalized spacial score (nSPS) is 16.6. The van der Waals surface area contributed by atoms with Gasteiger partial charge in [0, 0.05) is 5.56 Å². The summed E-state index contributed by atoms with van der Waals surface area (Å²) >= 11 is 0. The zero-order chi connectivity index (χ0) is 21.0. The van der Waals surface area contributed by atoms with E-state index in [4.69, 9.17) is 4.74 Å². The molecule has 154 valence electrons. The molecular formula is C23H19F3N2OS. The fourth-order valence-corrected chi connectivity index (χ4v) is 4.99. The summed E-state index contributed by atoms with van der Waals surface area (Å²) in [5.74, 6) is -0.113. The van der Waals surface area contributed by atoms with Crippen molar-refractivity contribution in [2.75, 3.05) is 5.94 Å². The number of ether oxygens (including phenoxy) is 1. The lowest BCUT2D eigenvalue weighted by Crippen LogP contribution is -2.28. The quantitative estimate of drug-likeness (QED) is 0.366. The second kappa shape index (κ2) is 8.85. The molecular weight excluding hydrogens is 409 g/mol. The van der Waals surface area contributed by atoms with Crippen LogP contribution < -0.4 is 0 Å². The molecule has 3 nitrogen and oxygen atoms in total. The highest BCUT2D eigenvalue weighted by Crippen LogP contribution is 2.41. The van der Waals surface area contributed by atoms with E-state index in [-0.39, 0.29) is 17.0 Å². The molecule has 0 aromatic heterocycles. The first-order valence-electron chi connectivity index (χ1n) is 9.30. The van der Waals surface area contributed by atoms with E-state index in [0.29, 0.717) is 21.7 Å². The van der Waals surface area contributed by atoms with Crippen molar-refractivity contribution in [2.24, 2.45) is 5.10 Å². The van der Waals surface area contributed by atoms with E-state index >= 15 is 0 Å². The van der Waals surface area contributed by atoms with Crippen molar-refractivity contribution in [3.63, 3.8) is 0 Å². The van der Waals surface area contributed by atoms with E-state index in [1.54, 1.807) is 24.3 Å². The molecule has 3 aromatic rings. The molecule has 7 heteroatoms. The molecule has 1 atom stereocenters. The summed E-state index contributed by atoms with van der Waals surface area (Å²) in [7, 11) is -1.43. The number of hydrogen-bond donors (Lipinski definition) is 0. The molecule has 0 saturated carbocycles. The summed E-state index contributed by atoms with van der Waals surface area (Å²) in [6.07, 6.45) is -4.62. The Labute approximate surface area is 175 Å². The minimum absolute atomic E-state index is 0.113.